The van der Waals surface area contributed by atoms with E-state index in [4.69, 9.17) is 4.98 Å². The van der Waals surface area contributed by atoms with E-state index in [9.17, 15) is 0 Å². The Morgan fingerprint density at radius 3 is 1.74 bits per heavy atom. The topological polar surface area (TPSA) is 17.3 Å². The lowest BCUT2D eigenvalue weighted by Gasteiger charge is -2.30. The number of rotatable bonds is 1. The third kappa shape index (κ3) is 3.13. The van der Waals surface area contributed by atoms with Crippen molar-refractivity contribution < 1.29 is 0 Å². The molecule has 1 spiro atoms. The quantitative estimate of drug-likeness (QED) is 0.165. The Kier molecular flexibility index (Phi) is 4.94. The summed E-state index contributed by atoms with van der Waals surface area (Å²) in [5, 5.41) is 6.17. The number of imidazole rings is 1. The molecular weight excluding hydrogens is 605 g/mol. The van der Waals surface area contributed by atoms with Gasteiger partial charge in [-0.3, -0.25) is 4.40 Å². The summed E-state index contributed by atoms with van der Waals surface area (Å²) in [5.74, 6) is 0. The van der Waals surface area contributed by atoms with Gasteiger partial charge in [-0.15, -0.1) is 0 Å². The van der Waals surface area contributed by atoms with E-state index >= 15 is 0 Å². The van der Waals surface area contributed by atoms with E-state index in [0.717, 1.165) is 16.7 Å². The molecule has 2 aliphatic carbocycles. The van der Waals surface area contributed by atoms with Gasteiger partial charge in [-0.05, 0) is 96.7 Å². The monoisotopic (exact) mass is 632 g/mol. The van der Waals surface area contributed by atoms with Crippen LogP contribution in [0.15, 0.2) is 170 Å². The van der Waals surface area contributed by atoms with Crippen molar-refractivity contribution >= 4 is 49.1 Å². The Balaban J connectivity index is 1.18. The largest absolute Gasteiger partial charge is 0.292 e. The number of nitrogens with zero attached hydrogens (tertiary/aromatic N) is 2. The molecule has 10 aromatic rings. The predicted molar refractivity (Wildman–Crippen MR) is 207 cm³/mol. The van der Waals surface area contributed by atoms with E-state index in [-0.39, 0.29) is 5.41 Å². The molecule has 0 aliphatic heterocycles. The van der Waals surface area contributed by atoms with Gasteiger partial charge in [0.15, 0.2) is 0 Å². The highest BCUT2D eigenvalue weighted by Gasteiger charge is 2.51. The lowest BCUT2D eigenvalue weighted by atomic mass is 9.70. The SMILES string of the molecule is c1ccc2c(c1)-c1ccccc1C21c2ccccc2-c2ccc(-c3ccc4c5c6ccccc6ccc5c5nc6ccccc6n5c4c3)cc21. The first-order valence-electron chi connectivity index (χ1n) is 17.4. The van der Waals surface area contributed by atoms with Gasteiger partial charge in [0.1, 0.15) is 5.65 Å². The van der Waals surface area contributed by atoms with Crippen molar-refractivity contribution in [1.29, 1.82) is 0 Å². The van der Waals surface area contributed by atoms with Crippen LogP contribution in [0.5, 0.6) is 0 Å². The second-order valence-electron chi connectivity index (χ2n) is 13.8. The first-order valence-corrected chi connectivity index (χ1v) is 17.4. The summed E-state index contributed by atoms with van der Waals surface area (Å²) in [6, 6.07) is 63.0. The predicted octanol–water partition coefficient (Wildman–Crippen LogP) is 12.0. The zero-order chi connectivity index (χ0) is 32.6. The maximum atomic E-state index is 5.23. The van der Waals surface area contributed by atoms with Crippen LogP contribution in [0.4, 0.5) is 0 Å². The van der Waals surface area contributed by atoms with Crippen molar-refractivity contribution in [3.05, 3.63) is 192 Å². The molecule has 230 valence electrons. The van der Waals surface area contributed by atoms with Gasteiger partial charge in [0.05, 0.1) is 22.0 Å². The molecule has 12 rings (SSSR count). The van der Waals surface area contributed by atoms with Crippen molar-refractivity contribution in [3.8, 4) is 33.4 Å². The van der Waals surface area contributed by atoms with Crippen LogP contribution in [-0.2, 0) is 5.41 Å². The van der Waals surface area contributed by atoms with Gasteiger partial charge in [-0.2, -0.15) is 0 Å². The minimum atomic E-state index is -0.366. The molecule has 8 aromatic carbocycles. The molecule has 0 radical (unpaired) electrons. The fraction of sp³-hybridized carbons (Fsp3) is 0.0208. The molecule has 0 saturated heterocycles. The molecule has 0 N–H and O–H groups in total. The summed E-state index contributed by atoms with van der Waals surface area (Å²) in [4.78, 5) is 5.23. The van der Waals surface area contributed by atoms with Gasteiger partial charge < -0.3 is 0 Å². The lowest BCUT2D eigenvalue weighted by Crippen LogP contribution is -2.25. The van der Waals surface area contributed by atoms with Gasteiger partial charge in [0.2, 0.25) is 0 Å². The Labute approximate surface area is 288 Å². The summed E-state index contributed by atoms with van der Waals surface area (Å²) >= 11 is 0. The average Bonchev–Trinajstić information content (AvgIpc) is 3.82. The number of hydrogen-bond donors (Lipinski definition) is 0. The average molecular weight is 633 g/mol. The molecule has 2 aliphatic rings. The molecule has 0 fully saturated rings. The van der Waals surface area contributed by atoms with Gasteiger partial charge in [-0.25, -0.2) is 4.98 Å². The Hall–Kier alpha value is -6.51. The fourth-order valence-corrected chi connectivity index (χ4v) is 9.58. The van der Waals surface area contributed by atoms with Gasteiger partial charge in [0.25, 0.3) is 0 Å². The molecule has 0 bridgehead atoms. The Bertz CT molecular complexity index is 3040. The minimum absolute atomic E-state index is 0.366. The summed E-state index contributed by atoms with van der Waals surface area (Å²) in [7, 11) is 0. The maximum Gasteiger partial charge on any atom is 0.146 e. The van der Waals surface area contributed by atoms with Gasteiger partial charge in [-0.1, -0.05) is 140 Å². The third-order valence-electron chi connectivity index (χ3n) is 11.6. The highest BCUT2D eigenvalue weighted by atomic mass is 15.0. The molecule has 0 atom stereocenters. The molecule has 0 unspecified atom stereocenters. The molecule has 2 nitrogen and oxygen atoms in total. The summed E-state index contributed by atoms with van der Waals surface area (Å²) in [6.07, 6.45) is 0. The number of fused-ring (bicyclic) bond motifs is 20. The molecule has 50 heavy (non-hydrogen) atoms. The van der Waals surface area contributed by atoms with E-state index in [1.165, 1.54) is 88.1 Å². The number of benzene rings is 8. The molecule has 2 aromatic heterocycles. The molecule has 2 heterocycles. The van der Waals surface area contributed by atoms with Crippen LogP contribution in [0.1, 0.15) is 22.3 Å². The second-order valence-corrected chi connectivity index (χ2v) is 13.8. The smallest absolute Gasteiger partial charge is 0.146 e. The standard InChI is InChI=1S/C48H28N2/c1-2-12-32-29(11-1)21-26-38-46(32)37-25-23-31(28-45(37)50-44-20-10-9-19-43(44)49-47(38)50)30-22-24-36-35-15-5-8-18-41(35)48(42(36)27-30)39-16-6-3-13-33(39)34-14-4-7-17-40(34)48/h1-28H. The summed E-state index contributed by atoms with van der Waals surface area (Å²) in [6.45, 7) is 0. The molecule has 2 heteroatoms. The Morgan fingerprint density at radius 1 is 0.400 bits per heavy atom. The maximum absolute atomic E-state index is 5.23. The van der Waals surface area contributed by atoms with Crippen LogP contribution in [0.25, 0.3) is 82.5 Å². The Morgan fingerprint density at radius 2 is 0.980 bits per heavy atom. The van der Waals surface area contributed by atoms with Crippen molar-refractivity contribution in [3.63, 3.8) is 0 Å². The number of pyridine rings is 1. The van der Waals surface area contributed by atoms with Crippen LogP contribution in [0, 0.1) is 0 Å². The van der Waals surface area contributed by atoms with E-state index < -0.39 is 0 Å². The normalized spacial score (nSPS) is 13.8. The van der Waals surface area contributed by atoms with Crippen LogP contribution < -0.4 is 0 Å². The second kappa shape index (κ2) is 9.34. The zero-order valence-electron chi connectivity index (χ0n) is 27.1. The number of para-hydroxylation sites is 2. The molecule has 0 saturated carbocycles. The van der Waals surface area contributed by atoms with E-state index in [2.05, 4.69) is 174 Å². The van der Waals surface area contributed by atoms with Gasteiger partial charge in [0, 0.05) is 16.2 Å². The summed E-state index contributed by atoms with van der Waals surface area (Å²) in [5.41, 5.74) is 17.1. The first kappa shape index (κ1) is 26.4. The van der Waals surface area contributed by atoms with Crippen LogP contribution in [0.3, 0.4) is 0 Å². The molecule has 0 amide bonds. The minimum Gasteiger partial charge on any atom is -0.292 e. The van der Waals surface area contributed by atoms with Crippen molar-refractivity contribution in [2.75, 3.05) is 0 Å². The van der Waals surface area contributed by atoms with Crippen molar-refractivity contribution in [1.82, 2.24) is 9.38 Å². The fourth-order valence-electron chi connectivity index (χ4n) is 9.58. The van der Waals surface area contributed by atoms with Crippen LogP contribution >= 0.6 is 0 Å². The third-order valence-corrected chi connectivity index (χ3v) is 11.6. The summed E-state index contributed by atoms with van der Waals surface area (Å²) < 4.78 is 2.37. The lowest BCUT2D eigenvalue weighted by molar-refractivity contribution is 0.794. The van der Waals surface area contributed by atoms with Crippen molar-refractivity contribution in [2.24, 2.45) is 0 Å². The highest BCUT2D eigenvalue weighted by Crippen LogP contribution is 2.63. The van der Waals surface area contributed by atoms with Crippen LogP contribution in [0.2, 0.25) is 0 Å². The van der Waals surface area contributed by atoms with E-state index in [1.54, 1.807) is 0 Å². The van der Waals surface area contributed by atoms with Crippen LogP contribution in [-0.4, -0.2) is 9.38 Å². The van der Waals surface area contributed by atoms with Crippen molar-refractivity contribution in [2.45, 2.75) is 5.41 Å². The van der Waals surface area contributed by atoms with E-state index in [0.29, 0.717) is 0 Å². The number of aromatic nitrogens is 2. The highest BCUT2D eigenvalue weighted by molar-refractivity contribution is 6.24. The molecular formula is C48H28N2. The number of hydrogen-bond acceptors (Lipinski definition) is 1. The van der Waals surface area contributed by atoms with E-state index in [1.807, 2.05) is 0 Å². The zero-order valence-corrected chi connectivity index (χ0v) is 27.1. The first-order chi connectivity index (χ1) is 24.8. The van der Waals surface area contributed by atoms with Gasteiger partial charge >= 0.3 is 0 Å².